The highest BCUT2D eigenvalue weighted by Crippen LogP contribution is 2.31. The van der Waals surface area contributed by atoms with E-state index in [1.54, 1.807) is 4.90 Å². The van der Waals surface area contributed by atoms with Crippen molar-refractivity contribution in [1.29, 1.82) is 0 Å². The van der Waals surface area contributed by atoms with E-state index in [-0.39, 0.29) is 17.6 Å². The van der Waals surface area contributed by atoms with Crippen molar-refractivity contribution in [2.24, 2.45) is 4.99 Å². The molecule has 0 aliphatic carbocycles. The Morgan fingerprint density at radius 3 is 2.52 bits per heavy atom. The average Bonchev–Trinajstić information content (AvgIpc) is 3.67. The van der Waals surface area contributed by atoms with Gasteiger partial charge in [0.25, 0.3) is 0 Å². The number of aromatic nitrogens is 3. The Labute approximate surface area is 275 Å². The third kappa shape index (κ3) is 8.32. The van der Waals surface area contributed by atoms with Crippen LogP contribution in [0, 0.1) is 0 Å². The minimum absolute atomic E-state index is 0.00483. The number of anilines is 1. The zero-order valence-corrected chi connectivity index (χ0v) is 27.0. The number of aryl methyl sites for hydroxylation is 1. The molecule has 4 aromatic rings. The maximum Gasteiger partial charge on any atom is 0.573 e. The highest BCUT2D eigenvalue weighted by Gasteiger charge is 2.32. The molecular weight excluding hydrogens is 634 g/mol. The molecule has 13 heteroatoms. The highest BCUT2D eigenvalue weighted by molar-refractivity contribution is 8.15. The molecule has 1 aliphatic rings. The van der Waals surface area contributed by atoms with E-state index in [0.29, 0.717) is 34.1 Å². The summed E-state index contributed by atoms with van der Waals surface area (Å²) in [6, 6.07) is 21.3. The van der Waals surface area contributed by atoms with Crippen molar-refractivity contribution in [1.82, 2.24) is 20.1 Å². The second-order valence-corrected chi connectivity index (χ2v) is 11.9. The van der Waals surface area contributed by atoms with Gasteiger partial charge in [-0.05, 0) is 72.9 Å². The first-order valence-corrected chi connectivity index (χ1v) is 16.3. The summed E-state index contributed by atoms with van der Waals surface area (Å²) in [5.74, 6) is 0.644. The number of carbonyl (C=O) groups is 1. The van der Waals surface area contributed by atoms with Gasteiger partial charge in [-0.2, -0.15) is 4.99 Å². The fourth-order valence-electron chi connectivity index (χ4n) is 5.05. The minimum atomic E-state index is -4.75. The Hall–Kier alpha value is -4.23. The number of nitrogens with zero attached hydrogens (tertiary/aromatic N) is 5. The first-order chi connectivity index (χ1) is 22.1. The van der Waals surface area contributed by atoms with Gasteiger partial charge >= 0.3 is 6.36 Å². The van der Waals surface area contributed by atoms with Crippen LogP contribution in [0.3, 0.4) is 0 Å². The number of unbranched alkanes of at least 4 members (excludes halogenated alkanes) is 1. The number of amides is 1. The van der Waals surface area contributed by atoms with Crippen molar-refractivity contribution in [2.75, 3.05) is 17.2 Å². The number of nitrogens with one attached hydrogen (secondary N) is 1. The summed E-state index contributed by atoms with van der Waals surface area (Å²) >= 11 is 6.97. The second-order valence-electron chi connectivity index (χ2n) is 10.6. The molecule has 240 valence electrons. The molecule has 0 saturated carbocycles. The quantitative estimate of drug-likeness (QED) is 0.165. The summed E-state index contributed by atoms with van der Waals surface area (Å²) < 4.78 is 42.8. The van der Waals surface area contributed by atoms with Crippen molar-refractivity contribution in [3.05, 3.63) is 90.3 Å². The molecule has 1 N–H and O–H groups in total. The monoisotopic (exact) mass is 666 g/mol. The van der Waals surface area contributed by atoms with E-state index >= 15 is 0 Å². The molecule has 1 amide bonds. The fourth-order valence-corrected chi connectivity index (χ4v) is 6.14. The number of amidine groups is 1. The van der Waals surface area contributed by atoms with Crippen LogP contribution in [0.4, 0.5) is 18.9 Å². The van der Waals surface area contributed by atoms with Crippen LogP contribution in [0.15, 0.2) is 84.1 Å². The summed E-state index contributed by atoms with van der Waals surface area (Å²) in [5.41, 5.74) is 4.44. The van der Waals surface area contributed by atoms with Gasteiger partial charge in [0.15, 0.2) is 16.1 Å². The number of aliphatic imine (C=N–C) groups is 1. The average molecular weight is 667 g/mol. The summed E-state index contributed by atoms with van der Waals surface area (Å²) in [7, 11) is 0. The van der Waals surface area contributed by atoms with Gasteiger partial charge in [0.05, 0.1) is 17.1 Å². The van der Waals surface area contributed by atoms with E-state index in [2.05, 4.69) is 45.0 Å². The number of rotatable bonds is 11. The molecule has 1 atom stereocenters. The number of alkyl halides is 3. The smallest absolute Gasteiger partial charge is 0.406 e. The van der Waals surface area contributed by atoms with Gasteiger partial charge < -0.3 is 10.1 Å². The van der Waals surface area contributed by atoms with Gasteiger partial charge in [-0.3, -0.25) is 9.69 Å². The molecule has 1 unspecified atom stereocenters. The standard InChI is InChI=1S/C33H33F3N6O2S2/c1-3-5-8-24-9-6-7-10-28(24)42-29(43)20-46-32(42)39-31(45)37-19-22(4-2)23-11-13-25(14-12-23)30-38-21-41(40-30)26-15-17-27(18-16-26)44-33(34,35)36/h6-7,9-18,21-22H,3-5,8,19-20H2,1-2H3,(H,37,45). The van der Waals surface area contributed by atoms with E-state index in [0.717, 1.165) is 48.1 Å². The highest BCUT2D eigenvalue weighted by atomic mass is 32.2. The Kier molecular flexibility index (Phi) is 10.7. The minimum Gasteiger partial charge on any atom is -0.406 e. The predicted molar refractivity (Wildman–Crippen MR) is 180 cm³/mol. The molecule has 1 aromatic heterocycles. The van der Waals surface area contributed by atoms with Crippen molar-refractivity contribution in [3.63, 3.8) is 0 Å². The number of ether oxygens (including phenoxy) is 1. The number of benzene rings is 3. The van der Waals surface area contributed by atoms with E-state index in [9.17, 15) is 18.0 Å². The lowest BCUT2D eigenvalue weighted by atomic mass is 9.95. The first-order valence-electron chi connectivity index (χ1n) is 14.9. The maximum atomic E-state index is 12.9. The molecule has 2 heterocycles. The number of hydrogen-bond donors (Lipinski definition) is 1. The fraction of sp³-hybridized carbons (Fsp3) is 0.303. The van der Waals surface area contributed by atoms with Crippen LogP contribution in [0.25, 0.3) is 17.1 Å². The van der Waals surface area contributed by atoms with E-state index in [1.807, 2.05) is 42.5 Å². The lowest BCUT2D eigenvalue weighted by Crippen LogP contribution is -2.32. The molecule has 0 radical (unpaired) electrons. The van der Waals surface area contributed by atoms with Crippen LogP contribution >= 0.6 is 24.0 Å². The van der Waals surface area contributed by atoms with Crippen LogP contribution < -0.4 is 15.0 Å². The Morgan fingerprint density at radius 2 is 1.83 bits per heavy atom. The van der Waals surface area contributed by atoms with E-state index in [4.69, 9.17) is 12.2 Å². The van der Waals surface area contributed by atoms with Crippen molar-refractivity contribution in [2.45, 2.75) is 51.8 Å². The zero-order chi connectivity index (χ0) is 32.7. The van der Waals surface area contributed by atoms with E-state index in [1.165, 1.54) is 47.0 Å². The second kappa shape index (κ2) is 14.9. The van der Waals surface area contributed by atoms with Gasteiger partial charge in [0.2, 0.25) is 5.91 Å². The molecule has 1 saturated heterocycles. The molecule has 1 fully saturated rings. The Bertz CT molecular complexity index is 1690. The number of thioether (sulfide) groups is 1. The summed E-state index contributed by atoms with van der Waals surface area (Å²) in [6.07, 6.45) is 0.616. The molecule has 3 aromatic carbocycles. The lowest BCUT2D eigenvalue weighted by Gasteiger charge is -2.20. The third-order valence-corrected chi connectivity index (χ3v) is 8.61. The largest absolute Gasteiger partial charge is 0.573 e. The van der Waals surface area contributed by atoms with Crippen LogP contribution in [0.1, 0.15) is 50.2 Å². The zero-order valence-electron chi connectivity index (χ0n) is 25.3. The molecule has 5 rings (SSSR count). The van der Waals surface area contributed by atoms with Gasteiger partial charge in [0, 0.05) is 18.0 Å². The molecule has 46 heavy (non-hydrogen) atoms. The van der Waals surface area contributed by atoms with Crippen LogP contribution in [-0.2, 0) is 11.2 Å². The van der Waals surface area contributed by atoms with Crippen LogP contribution in [0.2, 0.25) is 0 Å². The summed E-state index contributed by atoms with van der Waals surface area (Å²) in [6.45, 7) is 4.82. The number of carbonyl (C=O) groups excluding carboxylic acids is 1. The molecule has 8 nitrogen and oxygen atoms in total. The third-order valence-electron chi connectivity index (χ3n) is 7.45. The number of halogens is 3. The molecular formula is C33H33F3N6O2S2. The number of hydrogen-bond acceptors (Lipinski definition) is 6. The van der Waals surface area contributed by atoms with Gasteiger partial charge in [-0.1, -0.05) is 74.5 Å². The van der Waals surface area contributed by atoms with Gasteiger partial charge in [-0.25, -0.2) is 9.67 Å². The van der Waals surface area contributed by atoms with Crippen molar-refractivity contribution >= 4 is 45.9 Å². The molecule has 1 aliphatic heterocycles. The maximum absolute atomic E-state index is 12.9. The Morgan fingerprint density at radius 1 is 1.09 bits per heavy atom. The first kappa shape index (κ1) is 33.1. The normalized spacial score (nSPS) is 14.9. The molecule has 0 spiro atoms. The van der Waals surface area contributed by atoms with E-state index < -0.39 is 6.36 Å². The van der Waals surface area contributed by atoms with Gasteiger partial charge in [-0.15, -0.1) is 18.3 Å². The van der Waals surface area contributed by atoms with Crippen molar-refractivity contribution < 1.29 is 22.7 Å². The number of para-hydroxylation sites is 1. The lowest BCUT2D eigenvalue weighted by molar-refractivity contribution is -0.274. The SMILES string of the molecule is CCCCc1ccccc1N1C(=O)CSC1=NC(=S)NCC(CC)c1ccc(-c2ncn(-c3ccc(OC(F)(F)F)cc3)n2)cc1. The predicted octanol–water partition coefficient (Wildman–Crippen LogP) is 7.68. The summed E-state index contributed by atoms with van der Waals surface area (Å²) in [5, 5.41) is 8.67. The van der Waals surface area contributed by atoms with Crippen molar-refractivity contribution in [3.8, 4) is 22.8 Å². The van der Waals surface area contributed by atoms with Gasteiger partial charge in [0.1, 0.15) is 12.1 Å². The Balaban J connectivity index is 1.21. The topological polar surface area (TPSA) is 84.6 Å². The number of thiocarbonyl (C=S) groups is 1. The van der Waals surface area contributed by atoms with Crippen LogP contribution in [0.5, 0.6) is 5.75 Å². The summed E-state index contributed by atoms with van der Waals surface area (Å²) in [4.78, 5) is 23.5. The molecule has 0 bridgehead atoms. The van der Waals surface area contributed by atoms with Crippen LogP contribution in [-0.4, -0.2) is 49.6 Å².